The molecule has 0 N–H and O–H groups in total. The third-order valence-corrected chi connectivity index (χ3v) is 5.42. The monoisotopic (exact) mass is 384 g/mol. The number of nitrogens with zero attached hydrogens (tertiary/aromatic N) is 2. The van der Waals surface area contributed by atoms with E-state index in [1.807, 2.05) is 43.3 Å². The number of para-hydroxylation sites is 1. The molecule has 1 aromatic heterocycles. The van der Waals surface area contributed by atoms with E-state index in [-0.39, 0.29) is 11.6 Å². The molecule has 0 unspecified atom stereocenters. The SMILES string of the molecule is COC[C@@H](C)n1c(SCc2cc(C)ccc2OC)nc2ccccc2c1=O. The standard InChI is InChI=1S/C21H24N2O3S/c1-14-9-10-19(26-4)16(11-14)13-27-21-22-18-8-6-5-7-17(18)20(24)23(21)15(2)12-25-3/h5-11,15H,12-13H2,1-4H3/t15-/m1/s1. The van der Waals surface area contributed by atoms with Crippen LogP contribution in [0.25, 0.3) is 10.9 Å². The van der Waals surface area contributed by atoms with E-state index >= 15 is 0 Å². The van der Waals surface area contributed by atoms with Gasteiger partial charge in [0.15, 0.2) is 5.16 Å². The van der Waals surface area contributed by atoms with Gasteiger partial charge in [0.2, 0.25) is 0 Å². The molecule has 3 rings (SSSR count). The molecule has 0 fully saturated rings. The highest BCUT2D eigenvalue weighted by molar-refractivity contribution is 7.98. The van der Waals surface area contributed by atoms with Crippen LogP contribution in [0.1, 0.15) is 24.1 Å². The predicted octanol–water partition coefficient (Wildman–Crippen LogP) is 4.21. The minimum atomic E-state index is -0.110. The lowest BCUT2D eigenvalue weighted by Gasteiger charge is -2.19. The smallest absolute Gasteiger partial charge is 0.262 e. The van der Waals surface area contributed by atoms with Gasteiger partial charge in [-0.3, -0.25) is 9.36 Å². The lowest BCUT2D eigenvalue weighted by Crippen LogP contribution is -2.28. The van der Waals surface area contributed by atoms with Gasteiger partial charge in [-0.1, -0.05) is 41.6 Å². The van der Waals surface area contributed by atoms with Gasteiger partial charge in [0, 0.05) is 18.4 Å². The number of aromatic nitrogens is 2. The number of hydrogen-bond acceptors (Lipinski definition) is 5. The summed E-state index contributed by atoms with van der Waals surface area (Å²) in [5.41, 5.74) is 2.92. The molecule has 0 bridgehead atoms. The quantitative estimate of drug-likeness (QED) is 0.451. The summed E-state index contributed by atoms with van der Waals surface area (Å²) in [5, 5.41) is 1.31. The van der Waals surface area contributed by atoms with Crippen molar-refractivity contribution in [2.24, 2.45) is 0 Å². The van der Waals surface area contributed by atoms with Gasteiger partial charge < -0.3 is 9.47 Å². The van der Waals surface area contributed by atoms with Crippen molar-refractivity contribution in [3.05, 3.63) is 63.9 Å². The van der Waals surface area contributed by atoms with Gasteiger partial charge in [0.25, 0.3) is 5.56 Å². The number of rotatable bonds is 7. The largest absolute Gasteiger partial charge is 0.496 e. The van der Waals surface area contributed by atoms with Crippen molar-refractivity contribution < 1.29 is 9.47 Å². The van der Waals surface area contributed by atoms with Crippen molar-refractivity contribution in [3.63, 3.8) is 0 Å². The van der Waals surface area contributed by atoms with Crippen molar-refractivity contribution in [2.75, 3.05) is 20.8 Å². The third-order valence-electron chi connectivity index (χ3n) is 4.42. The first-order valence-corrected chi connectivity index (χ1v) is 9.80. The molecule has 0 aliphatic carbocycles. The number of aryl methyl sites for hydroxylation is 1. The Morgan fingerprint density at radius 1 is 1.19 bits per heavy atom. The minimum Gasteiger partial charge on any atom is -0.496 e. The Bertz CT molecular complexity index is 1000. The molecule has 1 heterocycles. The highest BCUT2D eigenvalue weighted by Gasteiger charge is 2.17. The van der Waals surface area contributed by atoms with E-state index in [4.69, 9.17) is 14.5 Å². The zero-order valence-electron chi connectivity index (χ0n) is 16.1. The Morgan fingerprint density at radius 2 is 1.96 bits per heavy atom. The summed E-state index contributed by atoms with van der Waals surface area (Å²) < 4.78 is 12.5. The first-order chi connectivity index (χ1) is 13.0. The van der Waals surface area contributed by atoms with Gasteiger partial charge in [-0.25, -0.2) is 4.98 Å². The molecule has 0 aliphatic heterocycles. The molecule has 6 heteroatoms. The van der Waals surface area contributed by atoms with Crippen LogP contribution in [0, 0.1) is 6.92 Å². The average molecular weight is 385 g/mol. The summed E-state index contributed by atoms with van der Waals surface area (Å²) in [6.45, 7) is 4.47. The van der Waals surface area contributed by atoms with E-state index in [0.29, 0.717) is 28.4 Å². The van der Waals surface area contributed by atoms with Gasteiger partial charge in [0.1, 0.15) is 5.75 Å². The molecule has 2 aromatic carbocycles. The maximum absolute atomic E-state index is 13.1. The molecule has 142 valence electrons. The molecule has 0 radical (unpaired) electrons. The highest BCUT2D eigenvalue weighted by Crippen LogP contribution is 2.29. The maximum Gasteiger partial charge on any atom is 0.262 e. The van der Waals surface area contributed by atoms with Crippen LogP contribution in [-0.4, -0.2) is 30.4 Å². The topological polar surface area (TPSA) is 53.4 Å². The molecule has 27 heavy (non-hydrogen) atoms. The summed E-state index contributed by atoms with van der Waals surface area (Å²) >= 11 is 1.54. The second-order valence-electron chi connectivity index (χ2n) is 6.50. The van der Waals surface area contributed by atoms with Crippen LogP contribution in [0.3, 0.4) is 0 Å². The first kappa shape index (κ1) is 19.5. The summed E-state index contributed by atoms with van der Waals surface area (Å²) in [7, 11) is 3.31. The molecule has 0 amide bonds. The van der Waals surface area contributed by atoms with E-state index in [1.165, 1.54) is 17.3 Å². The fourth-order valence-corrected chi connectivity index (χ4v) is 4.17. The molecular formula is C21H24N2O3S. The third kappa shape index (κ3) is 4.17. The van der Waals surface area contributed by atoms with E-state index in [9.17, 15) is 4.79 Å². The van der Waals surface area contributed by atoms with Crippen LogP contribution in [0.2, 0.25) is 0 Å². The van der Waals surface area contributed by atoms with Crippen LogP contribution in [0.15, 0.2) is 52.4 Å². The van der Waals surface area contributed by atoms with Crippen LogP contribution < -0.4 is 10.3 Å². The van der Waals surface area contributed by atoms with E-state index in [2.05, 4.69) is 13.0 Å². The molecule has 0 aliphatic rings. The van der Waals surface area contributed by atoms with Gasteiger partial charge in [-0.05, 0) is 32.0 Å². The number of methoxy groups -OCH3 is 2. The Labute approximate surface area is 163 Å². The van der Waals surface area contributed by atoms with Crippen molar-refractivity contribution in [1.82, 2.24) is 9.55 Å². The summed E-state index contributed by atoms with van der Waals surface area (Å²) in [6, 6.07) is 13.4. The van der Waals surface area contributed by atoms with Crippen LogP contribution in [-0.2, 0) is 10.5 Å². The van der Waals surface area contributed by atoms with E-state index < -0.39 is 0 Å². The molecule has 1 atom stereocenters. The molecular weight excluding hydrogens is 360 g/mol. The van der Waals surface area contributed by atoms with E-state index in [0.717, 1.165) is 11.3 Å². The lowest BCUT2D eigenvalue weighted by atomic mass is 10.1. The summed E-state index contributed by atoms with van der Waals surface area (Å²) in [6.07, 6.45) is 0. The van der Waals surface area contributed by atoms with Gasteiger partial charge in [0.05, 0.1) is 30.7 Å². The number of benzene rings is 2. The number of ether oxygens (including phenoxy) is 2. The van der Waals surface area contributed by atoms with Gasteiger partial charge in [-0.15, -0.1) is 0 Å². The predicted molar refractivity (Wildman–Crippen MR) is 110 cm³/mol. The molecule has 0 saturated carbocycles. The van der Waals surface area contributed by atoms with E-state index in [1.54, 1.807) is 18.8 Å². The normalized spacial score (nSPS) is 12.3. The molecule has 3 aromatic rings. The van der Waals surface area contributed by atoms with Crippen molar-refractivity contribution in [3.8, 4) is 5.75 Å². The first-order valence-electron chi connectivity index (χ1n) is 8.81. The second kappa shape index (κ2) is 8.59. The zero-order chi connectivity index (χ0) is 19.4. The molecule has 0 spiro atoms. The number of thioether (sulfide) groups is 1. The molecule has 0 saturated heterocycles. The van der Waals surface area contributed by atoms with Crippen LogP contribution in [0.5, 0.6) is 5.75 Å². The average Bonchev–Trinajstić information content (AvgIpc) is 2.66. The second-order valence-corrected chi connectivity index (χ2v) is 7.44. The van der Waals surface area contributed by atoms with Crippen molar-refractivity contribution in [1.29, 1.82) is 0 Å². The Morgan fingerprint density at radius 3 is 2.70 bits per heavy atom. The Balaban J connectivity index is 2.03. The number of hydrogen-bond donors (Lipinski definition) is 0. The summed E-state index contributed by atoms with van der Waals surface area (Å²) in [4.78, 5) is 17.8. The van der Waals surface area contributed by atoms with Gasteiger partial charge in [-0.2, -0.15) is 0 Å². The lowest BCUT2D eigenvalue weighted by molar-refractivity contribution is 0.156. The fraction of sp³-hybridized carbons (Fsp3) is 0.333. The Hall–Kier alpha value is -2.31. The van der Waals surface area contributed by atoms with Crippen molar-refractivity contribution in [2.45, 2.75) is 30.8 Å². The van der Waals surface area contributed by atoms with Crippen molar-refractivity contribution >= 4 is 22.7 Å². The minimum absolute atomic E-state index is 0.0381. The molecule has 5 nitrogen and oxygen atoms in total. The summed E-state index contributed by atoms with van der Waals surface area (Å²) in [5.74, 6) is 1.50. The van der Waals surface area contributed by atoms with Crippen LogP contribution in [0.4, 0.5) is 0 Å². The van der Waals surface area contributed by atoms with Gasteiger partial charge >= 0.3 is 0 Å². The number of fused-ring (bicyclic) bond motifs is 1. The van der Waals surface area contributed by atoms with Crippen LogP contribution >= 0.6 is 11.8 Å². The fourth-order valence-electron chi connectivity index (χ4n) is 3.09. The maximum atomic E-state index is 13.1. The Kier molecular flexibility index (Phi) is 6.19. The zero-order valence-corrected chi connectivity index (χ0v) is 16.9. The highest BCUT2D eigenvalue weighted by atomic mass is 32.2.